The predicted octanol–water partition coefficient (Wildman–Crippen LogP) is 3.71. The van der Waals surface area contributed by atoms with Gasteiger partial charge in [0.1, 0.15) is 5.82 Å². The van der Waals surface area contributed by atoms with Crippen molar-refractivity contribution in [1.82, 2.24) is 0 Å². The summed E-state index contributed by atoms with van der Waals surface area (Å²) in [6.45, 7) is 3.79. The van der Waals surface area contributed by atoms with E-state index in [9.17, 15) is 4.39 Å². The molecule has 0 aliphatic rings. The molecule has 0 unspecified atom stereocenters. The van der Waals surface area contributed by atoms with E-state index in [0.717, 1.165) is 12.0 Å². The van der Waals surface area contributed by atoms with Gasteiger partial charge in [-0.3, -0.25) is 4.99 Å². The molecule has 0 amide bonds. The highest BCUT2D eigenvalue weighted by molar-refractivity contribution is 7.90. The summed E-state index contributed by atoms with van der Waals surface area (Å²) in [5.74, 6) is -0.248. The minimum Gasteiger partial charge on any atom is -0.268 e. The fourth-order valence-electron chi connectivity index (χ4n) is 1.20. The summed E-state index contributed by atoms with van der Waals surface area (Å²) < 4.78 is 13.6. The van der Waals surface area contributed by atoms with Crippen LogP contribution in [0.25, 0.3) is 4.91 Å². The average molecular weight is 223 g/mol. The van der Waals surface area contributed by atoms with E-state index in [-0.39, 0.29) is 5.82 Å². The minimum atomic E-state index is -0.248. The average Bonchev–Trinajstić information content (AvgIpc) is 2.25. The molecule has 80 valence electrons. The van der Waals surface area contributed by atoms with Crippen molar-refractivity contribution in [3.63, 3.8) is 0 Å². The number of halogens is 1. The zero-order chi connectivity index (χ0) is 11.3. The number of benzene rings is 1. The molecule has 1 rings (SSSR count). The second kappa shape index (κ2) is 5.71. The van der Waals surface area contributed by atoms with Crippen molar-refractivity contribution < 1.29 is 4.39 Å². The molecule has 1 aromatic carbocycles. The van der Waals surface area contributed by atoms with Gasteiger partial charge in [0.05, 0.1) is 0 Å². The highest BCUT2D eigenvalue weighted by Gasteiger charge is 2.04. The standard InChI is InChI=1S/C12H14FNS/c1-3-9-5-6-10(11(13)7-9)12(15)8-14-4-2/h4-8,15H,3H2,1-2H3/b12-8-,14-4?. The van der Waals surface area contributed by atoms with Crippen molar-refractivity contribution in [3.05, 3.63) is 41.3 Å². The van der Waals surface area contributed by atoms with Crippen LogP contribution in [0.15, 0.2) is 29.4 Å². The fraction of sp³-hybridized carbons (Fsp3) is 0.250. The van der Waals surface area contributed by atoms with Crippen LogP contribution in [0.1, 0.15) is 25.0 Å². The van der Waals surface area contributed by atoms with Gasteiger partial charge in [-0.2, -0.15) is 0 Å². The first-order valence-corrected chi connectivity index (χ1v) is 5.29. The zero-order valence-corrected chi connectivity index (χ0v) is 9.76. The Bertz CT molecular complexity index is 397. The number of hydrogen-bond acceptors (Lipinski definition) is 2. The first kappa shape index (κ1) is 12.0. The van der Waals surface area contributed by atoms with Crippen LogP contribution in [0.3, 0.4) is 0 Å². The van der Waals surface area contributed by atoms with E-state index in [4.69, 9.17) is 0 Å². The second-order valence-corrected chi connectivity index (χ2v) is 3.57. The van der Waals surface area contributed by atoms with Gasteiger partial charge in [0.2, 0.25) is 0 Å². The Morgan fingerprint density at radius 3 is 2.80 bits per heavy atom. The smallest absolute Gasteiger partial charge is 0.131 e. The van der Waals surface area contributed by atoms with Crippen molar-refractivity contribution in [2.75, 3.05) is 0 Å². The number of aliphatic imine (C=N–C) groups is 1. The lowest BCUT2D eigenvalue weighted by molar-refractivity contribution is 0.622. The summed E-state index contributed by atoms with van der Waals surface area (Å²) >= 11 is 4.19. The summed E-state index contributed by atoms with van der Waals surface area (Å²) in [6.07, 6.45) is 4.00. The number of nitrogens with zero attached hydrogens (tertiary/aromatic N) is 1. The molecule has 1 nitrogen and oxygen atoms in total. The first-order valence-electron chi connectivity index (χ1n) is 4.84. The predicted molar refractivity (Wildman–Crippen MR) is 66.9 cm³/mol. The molecule has 15 heavy (non-hydrogen) atoms. The maximum absolute atomic E-state index is 13.6. The number of rotatable bonds is 3. The van der Waals surface area contributed by atoms with Gasteiger partial charge >= 0.3 is 0 Å². The van der Waals surface area contributed by atoms with Crippen LogP contribution in [-0.2, 0) is 6.42 Å². The van der Waals surface area contributed by atoms with Crippen molar-refractivity contribution in [2.24, 2.45) is 4.99 Å². The summed E-state index contributed by atoms with van der Waals surface area (Å²) in [6, 6.07) is 5.17. The van der Waals surface area contributed by atoms with E-state index >= 15 is 0 Å². The molecule has 0 aliphatic heterocycles. The monoisotopic (exact) mass is 223 g/mol. The molecule has 0 aromatic heterocycles. The zero-order valence-electron chi connectivity index (χ0n) is 8.87. The summed E-state index contributed by atoms with van der Waals surface area (Å²) in [5, 5.41) is 0. The Kier molecular flexibility index (Phi) is 4.56. The highest BCUT2D eigenvalue weighted by Crippen LogP contribution is 2.22. The van der Waals surface area contributed by atoms with Crippen molar-refractivity contribution in [1.29, 1.82) is 0 Å². The van der Waals surface area contributed by atoms with E-state index in [1.807, 2.05) is 13.0 Å². The van der Waals surface area contributed by atoms with Gasteiger partial charge in [0.15, 0.2) is 0 Å². The fourth-order valence-corrected chi connectivity index (χ4v) is 1.45. The summed E-state index contributed by atoms with van der Waals surface area (Å²) in [7, 11) is 0. The molecular formula is C12H14FNS. The van der Waals surface area contributed by atoms with E-state index in [1.165, 1.54) is 12.3 Å². The topological polar surface area (TPSA) is 12.4 Å². The van der Waals surface area contributed by atoms with Gasteiger partial charge in [-0.25, -0.2) is 4.39 Å². The third kappa shape index (κ3) is 3.20. The molecule has 1 aromatic rings. The van der Waals surface area contributed by atoms with Crippen molar-refractivity contribution in [3.8, 4) is 0 Å². The van der Waals surface area contributed by atoms with Crippen LogP contribution in [0.4, 0.5) is 4.39 Å². The van der Waals surface area contributed by atoms with Gasteiger partial charge in [0.25, 0.3) is 0 Å². The number of thiol groups is 1. The van der Waals surface area contributed by atoms with E-state index < -0.39 is 0 Å². The van der Waals surface area contributed by atoms with Crippen molar-refractivity contribution in [2.45, 2.75) is 20.3 Å². The maximum Gasteiger partial charge on any atom is 0.131 e. The summed E-state index contributed by atoms with van der Waals surface area (Å²) in [5.41, 5.74) is 1.47. The normalized spacial score (nSPS) is 12.4. The Morgan fingerprint density at radius 1 is 1.53 bits per heavy atom. The van der Waals surface area contributed by atoms with Crippen molar-refractivity contribution >= 4 is 23.7 Å². The van der Waals surface area contributed by atoms with E-state index in [0.29, 0.717) is 10.5 Å². The molecule has 0 heterocycles. The SMILES string of the molecule is CC=N/C=C(\S)c1ccc(CC)cc1F. The Morgan fingerprint density at radius 2 is 2.27 bits per heavy atom. The molecule has 0 fully saturated rings. The molecule has 0 saturated heterocycles. The minimum absolute atomic E-state index is 0.248. The van der Waals surface area contributed by atoms with Gasteiger partial charge in [-0.15, -0.1) is 12.6 Å². The lowest BCUT2D eigenvalue weighted by Gasteiger charge is -2.03. The van der Waals surface area contributed by atoms with Crippen LogP contribution in [0, 0.1) is 5.82 Å². The van der Waals surface area contributed by atoms with Gasteiger partial charge in [-0.1, -0.05) is 19.1 Å². The number of aryl methyl sites for hydroxylation is 1. The molecule has 0 saturated carbocycles. The second-order valence-electron chi connectivity index (χ2n) is 3.09. The molecule has 0 atom stereocenters. The van der Waals surface area contributed by atoms with Crippen LogP contribution in [-0.4, -0.2) is 6.21 Å². The molecular weight excluding hydrogens is 209 g/mol. The Labute approximate surface area is 95.1 Å². The molecule has 0 N–H and O–H groups in total. The van der Waals surface area contributed by atoms with Crippen LogP contribution < -0.4 is 0 Å². The lowest BCUT2D eigenvalue weighted by Crippen LogP contribution is -1.88. The van der Waals surface area contributed by atoms with E-state index in [2.05, 4.69) is 17.6 Å². The summed E-state index contributed by atoms with van der Waals surface area (Å²) in [4.78, 5) is 4.44. The highest BCUT2D eigenvalue weighted by atomic mass is 32.1. The number of hydrogen-bond donors (Lipinski definition) is 1. The molecule has 3 heteroatoms. The Balaban J connectivity index is 3.05. The maximum atomic E-state index is 13.6. The third-order valence-corrected chi connectivity index (χ3v) is 2.42. The van der Waals surface area contributed by atoms with Gasteiger partial charge < -0.3 is 0 Å². The molecule has 0 spiro atoms. The third-order valence-electron chi connectivity index (χ3n) is 2.06. The quantitative estimate of drug-likeness (QED) is 0.592. The molecule has 0 bridgehead atoms. The Hall–Kier alpha value is -1.09. The van der Waals surface area contributed by atoms with Gasteiger partial charge in [0, 0.05) is 22.9 Å². The van der Waals surface area contributed by atoms with E-state index in [1.54, 1.807) is 19.2 Å². The molecule has 0 aliphatic carbocycles. The lowest BCUT2D eigenvalue weighted by atomic mass is 10.1. The van der Waals surface area contributed by atoms with Crippen LogP contribution in [0.2, 0.25) is 0 Å². The largest absolute Gasteiger partial charge is 0.268 e. The van der Waals surface area contributed by atoms with Gasteiger partial charge in [-0.05, 0) is 25.0 Å². The first-order chi connectivity index (χ1) is 7.19. The van der Waals surface area contributed by atoms with Crippen LogP contribution in [0.5, 0.6) is 0 Å². The van der Waals surface area contributed by atoms with Crippen LogP contribution >= 0.6 is 12.6 Å². The molecule has 0 radical (unpaired) electrons.